The monoisotopic (exact) mass is 450 g/mol. The summed E-state index contributed by atoms with van der Waals surface area (Å²) >= 11 is 0. The van der Waals surface area contributed by atoms with Gasteiger partial charge in [-0.15, -0.1) is 0 Å². The minimum Gasteiger partial charge on any atom is -0.487 e. The van der Waals surface area contributed by atoms with Crippen molar-refractivity contribution in [3.05, 3.63) is 60.4 Å². The average molecular weight is 450 g/mol. The fraction of sp³-hybridized carbons (Fsp3) is 0.320. The van der Waals surface area contributed by atoms with E-state index in [1.54, 1.807) is 36.4 Å². The summed E-state index contributed by atoms with van der Waals surface area (Å²) in [4.78, 5) is 38.5. The molecule has 8 nitrogen and oxygen atoms in total. The molecule has 172 valence electrons. The van der Waals surface area contributed by atoms with Crippen LogP contribution in [0.2, 0.25) is 0 Å². The molecule has 4 rings (SSSR count). The fourth-order valence-corrected chi connectivity index (χ4v) is 3.62. The van der Waals surface area contributed by atoms with E-state index in [1.165, 1.54) is 0 Å². The second-order valence-corrected chi connectivity index (χ2v) is 8.38. The minimum absolute atomic E-state index is 0.0309. The maximum Gasteiger partial charge on any atom is 0.287 e. The summed E-state index contributed by atoms with van der Waals surface area (Å²) in [5, 5.41) is 6.26. The van der Waals surface area contributed by atoms with Gasteiger partial charge in [0.25, 0.3) is 5.91 Å². The number of hydrogen-bond acceptors (Lipinski definition) is 6. The number of furan rings is 1. The number of carbonyl (C=O) groups is 3. The summed E-state index contributed by atoms with van der Waals surface area (Å²) in [6.45, 7) is 3.67. The van der Waals surface area contributed by atoms with Gasteiger partial charge in [-0.25, -0.2) is 0 Å². The van der Waals surface area contributed by atoms with Gasteiger partial charge >= 0.3 is 0 Å². The molecule has 1 aromatic heterocycles. The third-order valence-corrected chi connectivity index (χ3v) is 5.31. The third-order valence-electron chi connectivity index (χ3n) is 5.31. The van der Waals surface area contributed by atoms with Crippen molar-refractivity contribution >= 4 is 28.6 Å². The molecule has 1 aliphatic rings. The number of nitrogens with one attached hydrogen (secondary N) is 2. The molecule has 2 amide bonds. The van der Waals surface area contributed by atoms with Gasteiger partial charge in [-0.3, -0.25) is 14.4 Å². The topological polar surface area (TPSA) is 107 Å². The summed E-state index contributed by atoms with van der Waals surface area (Å²) in [7, 11) is 0. The largest absolute Gasteiger partial charge is 0.487 e. The second kappa shape index (κ2) is 9.77. The molecule has 0 saturated carbocycles. The number of ketones is 1. The Kier molecular flexibility index (Phi) is 6.63. The zero-order chi connectivity index (χ0) is 23.4. The predicted molar refractivity (Wildman–Crippen MR) is 121 cm³/mol. The van der Waals surface area contributed by atoms with Gasteiger partial charge < -0.3 is 24.5 Å². The SMILES string of the molecule is CC(C)CC(NC(=O)c1cc2ccccc2o1)C(=O)N[C@H]1COc2ccccc2OCC1=O. The highest BCUT2D eigenvalue weighted by atomic mass is 16.5. The van der Waals surface area contributed by atoms with Gasteiger partial charge in [-0.05, 0) is 36.6 Å². The van der Waals surface area contributed by atoms with Crippen LogP contribution in [0.5, 0.6) is 11.5 Å². The van der Waals surface area contributed by atoms with Gasteiger partial charge in [-0.2, -0.15) is 0 Å². The van der Waals surface area contributed by atoms with Crippen LogP contribution < -0.4 is 20.1 Å². The van der Waals surface area contributed by atoms with Crippen LogP contribution >= 0.6 is 0 Å². The number of ether oxygens (including phenoxy) is 2. The van der Waals surface area contributed by atoms with Crippen LogP contribution in [-0.2, 0) is 9.59 Å². The Morgan fingerprint density at radius 2 is 1.73 bits per heavy atom. The predicted octanol–water partition coefficient (Wildman–Crippen LogP) is 3.10. The Hall–Kier alpha value is -3.81. The molecule has 2 aromatic carbocycles. The first-order valence-corrected chi connectivity index (χ1v) is 10.9. The number of para-hydroxylation sites is 3. The zero-order valence-electron chi connectivity index (χ0n) is 18.5. The molecule has 3 aromatic rings. The molecule has 1 unspecified atom stereocenters. The molecular formula is C25H26N2O6. The van der Waals surface area contributed by atoms with Gasteiger partial charge in [0.1, 0.15) is 30.9 Å². The molecule has 0 fully saturated rings. The molecule has 1 aliphatic heterocycles. The van der Waals surface area contributed by atoms with Crippen LogP contribution in [0.4, 0.5) is 0 Å². The van der Waals surface area contributed by atoms with E-state index >= 15 is 0 Å². The average Bonchev–Trinajstić information content (AvgIpc) is 3.23. The quantitative estimate of drug-likeness (QED) is 0.598. The highest BCUT2D eigenvalue weighted by Gasteiger charge is 2.30. The molecule has 0 saturated heterocycles. The maximum atomic E-state index is 13.1. The van der Waals surface area contributed by atoms with Crippen LogP contribution in [0.15, 0.2) is 59.0 Å². The number of carbonyl (C=O) groups excluding carboxylic acids is 3. The lowest BCUT2D eigenvalue weighted by Gasteiger charge is -2.25. The Balaban J connectivity index is 1.45. The van der Waals surface area contributed by atoms with E-state index in [1.807, 2.05) is 32.0 Å². The second-order valence-electron chi connectivity index (χ2n) is 8.38. The van der Waals surface area contributed by atoms with Gasteiger partial charge in [0.2, 0.25) is 5.91 Å². The van der Waals surface area contributed by atoms with Crippen molar-refractivity contribution in [1.82, 2.24) is 10.6 Å². The highest BCUT2D eigenvalue weighted by Crippen LogP contribution is 2.27. The molecule has 2 atom stereocenters. The Morgan fingerprint density at radius 1 is 1.03 bits per heavy atom. The van der Waals surface area contributed by atoms with Crippen molar-refractivity contribution in [3.8, 4) is 11.5 Å². The van der Waals surface area contributed by atoms with Crippen molar-refractivity contribution in [2.75, 3.05) is 13.2 Å². The number of amides is 2. The van der Waals surface area contributed by atoms with Crippen LogP contribution in [0.3, 0.4) is 0 Å². The fourth-order valence-electron chi connectivity index (χ4n) is 3.62. The molecule has 2 heterocycles. The molecule has 2 N–H and O–H groups in total. The zero-order valence-corrected chi connectivity index (χ0v) is 18.5. The summed E-state index contributed by atoms with van der Waals surface area (Å²) < 4.78 is 16.8. The summed E-state index contributed by atoms with van der Waals surface area (Å²) in [5.41, 5.74) is 0.588. The van der Waals surface area contributed by atoms with E-state index in [0.29, 0.717) is 23.5 Å². The standard InChI is InChI=1S/C25H26N2O6/c1-15(2)11-17(26-25(30)23-12-16-7-3-4-8-20(16)33-23)24(29)27-18-13-31-21-9-5-6-10-22(21)32-14-19(18)28/h3-10,12,15,17-18H,11,13-14H2,1-2H3,(H,26,30)(H,27,29)/t17?,18-/m0/s1. The van der Waals surface area contributed by atoms with E-state index in [9.17, 15) is 14.4 Å². The number of fused-ring (bicyclic) bond motifs is 2. The lowest BCUT2D eigenvalue weighted by atomic mass is 10.0. The Morgan fingerprint density at radius 3 is 2.45 bits per heavy atom. The van der Waals surface area contributed by atoms with Crippen LogP contribution in [0.25, 0.3) is 11.0 Å². The van der Waals surface area contributed by atoms with E-state index < -0.39 is 23.9 Å². The van der Waals surface area contributed by atoms with Crippen LogP contribution in [-0.4, -0.2) is 42.9 Å². The van der Waals surface area contributed by atoms with Gasteiger partial charge in [-0.1, -0.05) is 44.2 Å². The van der Waals surface area contributed by atoms with Crippen molar-refractivity contribution in [2.24, 2.45) is 5.92 Å². The van der Waals surface area contributed by atoms with Crippen LogP contribution in [0, 0.1) is 5.92 Å². The number of hydrogen-bond donors (Lipinski definition) is 2. The molecule has 33 heavy (non-hydrogen) atoms. The first-order valence-electron chi connectivity index (χ1n) is 10.9. The van der Waals surface area contributed by atoms with E-state index in [2.05, 4.69) is 10.6 Å². The number of Topliss-reactive ketones (excluding diaryl/α,β-unsaturated/α-hetero) is 1. The van der Waals surface area contributed by atoms with Gasteiger partial charge in [0.05, 0.1) is 0 Å². The lowest BCUT2D eigenvalue weighted by Crippen LogP contribution is -2.54. The molecule has 0 bridgehead atoms. The number of benzene rings is 2. The van der Waals surface area contributed by atoms with Gasteiger partial charge in [0, 0.05) is 5.39 Å². The van der Waals surface area contributed by atoms with Crippen molar-refractivity contribution in [1.29, 1.82) is 0 Å². The first-order chi connectivity index (χ1) is 15.9. The molecule has 0 radical (unpaired) electrons. The highest BCUT2D eigenvalue weighted by molar-refractivity contribution is 5.99. The Labute approximate surface area is 191 Å². The van der Waals surface area contributed by atoms with Crippen LogP contribution in [0.1, 0.15) is 30.8 Å². The smallest absolute Gasteiger partial charge is 0.287 e. The maximum absolute atomic E-state index is 13.1. The van der Waals surface area contributed by atoms with Crippen molar-refractivity contribution in [2.45, 2.75) is 32.4 Å². The Bertz CT molecular complexity index is 1140. The first kappa shape index (κ1) is 22.4. The van der Waals surface area contributed by atoms with E-state index in [-0.39, 0.29) is 30.7 Å². The van der Waals surface area contributed by atoms with E-state index in [4.69, 9.17) is 13.9 Å². The normalized spacial score (nSPS) is 16.7. The molecule has 8 heteroatoms. The summed E-state index contributed by atoms with van der Waals surface area (Å²) in [6.07, 6.45) is 0.388. The van der Waals surface area contributed by atoms with Crippen molar-refractivity contribution in [3.63, 3.8) is 0 Å². The minimum atomic E-state index is -0.899. The summed E-state index contributed by atoms with van der Waals surface area (Å²) in [6, 6.07) is 14.2. The molecule has 0 spiro atoms. The van der Waals surface area contributed by atoms with Gasteiger partial charge in [0.15, 0.2) is 23.0 Å². The summed E-state index contributed by atoms with van der Waals surface area (Å²) in [5.74, 6) is -0.0600. The van der Waals surface area contributed by atoms with Crippen molar-refractivity contribution < 1.29 is 28.3 Å². The third kappa shape index (κ3) is 5.34. The molecular weight excluding hydrogens is 424 g/mol. The lowest BCUT2D eigenvalue weighted by molar-refractivity contribution is -0.131. The molecule has 0 aliphatic carbocycles. The number of rotatable bonds is 6. The van der Waals surface area contributed by atoms with E-state index in [0.717, 1.165) is 5.39 Å².